The molecule has 2 aliphatic heterocycles. The van der Waals surface area contributed by atoms with Gasteiger partial charge in [0.25, 0.3) is 5.91 Å². The number of amides is 4. The van der Waals surface area contributed by atoms with Crippen molar-refractivity contribution in [3.8, 4) is 0 Å². The summed E-state index contributed by atoms with van der Waals surface area (Å²) in [6.45, 7) is 0.926. The lowest BCUT2D eigenvalue weighted by atomic mass is 10.0. The Kier molecular flexibility index (Phi) is 4.39. The maximum Gasteiger partial charge on any atom is 0.407 e. The van der Waals surface area contributed by atoms with Crippen LogP contribution in [0.1, 0.15) is 34.3 Å². The van der Waals surface area contributed by atoms with Gasteiger partial charge in [-0.1, -0.05) is 24.3 Å². The van der Waals surface area contributed by atoms with Crippen LogP contribution in [0.4, 0.5) is 4.79 Å². The minimum absolute atomic E-state index is 0.226. The van der Waals surface area contributed by atoms with Crippen LogP contribution in [0.5, 0.6) is 0 Å². The number of ether oxygens (including phenoxy) is 1. The molecule has 1 atom stereocenters. The molecule has 1 fully saturated rings. The van der Waals surface area contributed by atoms with Gasteiger partial charge in [0.1, 0.15) is 12.6 Å². The molecule has 2 heterocycles. The van der Waals surface area contributed by atoms with Gasteiger partial charge in [0.15, 0.2) is 0 Å². The van der Waals surface area contributed by atoms with Crippen LogP contribution >= 0.6 is 0 Å². The first kappa shape index (κ1) is 17.3. The Balaban J connectivity index is 1.38. The van der Waals surface area contributed by atoms with Crippen LogP contribution in [0, 0.1) is 5.92 Å². The van der Waals surface area contributed by atoms with Gasteiger partial charge in [0.05, 0.1) is 0 Å². The molecule has 0 radical (unpaired) electrons. The van der Waals surface area contributed by atoms with Crippen molar-refractivity contribution < 1.29 is 23.9 Å². The highest BCUT2D eigenvalue weighted by atomic mass is 16.5. The van der Waals surface area contributed by atoms with Crippen LogP contribution < -0.4 is 10.6 Å². The average molecular weight is 369 g/mol. The molecule has 3 aliphatic rings. The molecule has 8 heteroatoms. The first-order chi connectivity index (χ1) is 13.0. The number of carbonyl (C=O) groups is 4. The fraction of sp³-hybridized carbons (Fsp3) is 0.368. The van der Waals surface area contributed by atoms with Gasteiger partial charge in [0.2, 0.25) is 11.8 Å². The van der Waals surface area contributed by atoms with Crippen molar-refractivity contribution in [2.45, 2.75) is 32.0 Å². The van der Waals surface area contributed by atoms with Gasteiger partial charge in [0, 0.05) is 31.0 Å². The molecule has 8 nitrogen and oxygen atoms in total. The van der Waals surface area contributed by atoms with Crippen molar-refractivity contribution in [2.75, 3.05) is 6.61 Å². The Bertz CT molecular complexity index is 857. The summed E-state index contributed by atoms with van der Waals surface area (Å²) in [5.41, 5.74) is 2.12. The number of hydrogen-bond acceptors (Lipinski definition) is 5. The number of nitrogens with one attached hydrogen (secondary N) is 2. The summed E-state index contributed by atoms with van der Waals surface area (Å²) >= 11 is 0. The molecule has 1 aromatic rings. The fourth-order valence-electron chi connectivity index (χ4n) is 3.30. The molecule has 0 spiro atoms. The molecule has 0 saturated carbocycles. The third-order valence-corrected chi connectivity index (χ3v) is 4.90. The fourth-order valence-corrected chi connectivity index (χ4v) is 3.30. The number of alkyl carbamates (subject to hydrolysis) is 1. The molecule has 4 amide bonds. The van der Waals surface area contributed by atoms with Crippen LogP contribution in [0.2, 0.25) is 0 Å². The maximum absolute atomic E-state index is 12.7. The normalized spacial score (nSPS) is 21.1. The van der Waals surface area contributed by atoms with Crippen molar-refractivity contribution in [3.63, 3.8) is 0 Å². The van der Waals surface area contributed by atoms with Gasteiger partial charge in [-0.15, -0.1) is 0 Å². The van der Waals surface area contributed by atoms with E-state index in [1.54, 1.807) is 6.07 Å². The summed E-state index contributed by atoms with van der Waals surface area (Å²) in [4.78, 5) is 49.3. The SMILES string of the molecule is O=C1CCC(N2Cc3ccc(CNC(=O)OCC4C=C4)cc3C2=O)C(=O)N1. The van der Waals surface area contributed by atoms with Crippen molar-refractivity contribution >= 4 is 23.8 Å². The number of fused-ring (bicyclic) bond motifs is 1. The third-order valence-electron chi connectivity index (χ3n) is 4.90. The van der Waals surface area contributed by atoms with Gasteiger partial charge in [-0.3, -0.25) is 19.7 Å². The van der Waals surface area contributed by atoms with E-state index in [1.165, 1.54) is 4.90 Å². The van der Waals surface area contributed by atoms with Crippen molar-refractivity contribution in [3.05, 3.63) is 47.0 Å². The Morgan fingerprint density at radius 1 is 1.26 bits per heavy atom. The molecule has 1 unspecified atom stereocenters. The van der Waals surface area contributed by atoms with Gasteiger partial charge >= 0.3 is 6.09 Å². The van der Waals surface area contributed by atoms with Gasteiger partial charge in [-0.25, -0.2) is 4.79 Å². The van der Waals surface area contributed by atoms with Gasteiger partial charge in [-0.2, -0.15) is 0 Å². The summed E-state index contributed by atoms with van der Waals surface area (Å²) in [5.74, 6) is -0.712. The maximum atomic E-state index is 12.7. The number of hydrogen-bond donors (Lipinski definition) is 2. The quantitative estimate of drug-likeness (QED) is 0.592. The Hall–Kier alpha value is -3.16. The number of imide groups is 1. The Labute approximate surface area is 155 Å². The summed E-state index contributed by atoms with van der Waals surface area (Å²) in [6, 6.07) is 4.76. The molecule has 2 N–H and O–H groups in total. The zero-order valence-electron chi connectivity index (χ0n) is 14.6. The van der Waals surface area contributed by atoms with Gasteiger partial charge in [-0.05, 0) is 23.6 Å². The summed E-state index contributed by atoms with van der Waals surface area (Å²) < 4.78 is 5.06. The second kappa shape index (κ2) is 6.86. The molecular weight excluding hydrogens is 350 g/mol. The van der Waals surface area contributed by atoms with Crippen LogP contribution in [-0.2, 0) is 27.4 Å². The van der Waals surface area contributed by atoms with E-state index in [4.69, 9.17) is 4.74 Å². The summed E-state index contributed by atoms with van der Waals surface area (Å²) in [6.07, 6.45) is 3.96. The lowest BCUT2D eigenvalue weighted by Gasteiger charge is -2.29. The lowest BCUT2D eigenvalue weighted by Crippen LogP contribution is -2.52. The predicted molar refractivity (Wildman–Crippen MR) is 93.3 cm³/mol. The number of piperidine rings is 1. The van der Waals surface area contributed by atoms with E-state index in [1.807, 2.05) is 24.3 Å². The van der Waals surface area contributed by atoms with Crippen molar-refractivity contribution in [1.82, 2.24) is 15.5 Å². The highest BCUT2D eigenvalue weighted by molar-refractivity contribution is 6.05. The van der Waals surface area contributed by atoms with Crippen molar-refractivity contribution in [1.29, 1.82) is 0 Å². The summed E-state index contributed by atoms with van der Waals surface area (Å²) in [5, 5.41) is 4.94. The van der Waals surface area contributed by atoms with E-state index in [9.17, 15) is 19.2 Å². The van der Waals surface area contributed by atoms with E-state index in [-0.39, 0.29) is 30.7 Å². The molecule has 1 saturated heterocycles. The zero-order chi connectivity index (χ0) is 19.0. The van der Waals surface area contributed by atoms with Crippen LogP contribution in [0.25, 0.3) is 0 Å². The molecule has 1 aromatic carbocycles. The van der Waals surface area contributed by atoms with E-state index in [2.05, 4.69) is 10.6 Å². The summed E-state index contributed by atoms with van der Waals surface area (Å²) in [7, 11) is 0. The lowest BCUT2D eigenvalue weighted by molar-refractivity contribution is -0.136. The second-order valence-electron chi connectivity index (χ2n) is 6.89. The number of carbonyl (C=O) groups excluding carboxylic acids is 4. The van der Waals surface area contributed by atoms with Crippen molar-refractivity contribution in [2.24, 2.45) is 5.92 Å². The van der Waals surface area contributed by atoms with Crippen LogP contribution in [0.3, 0.4) is 0 Å². The van der Waals surface area contributed by atoms with E-state index < -0.39 is 18.0 Å². The third kappa shape index (κ3) is 3.69. The Morgan fingerprint density at radius 2 is 2.07 bits per heavy atom. The molecule has 27 heavy (non-hydrogen) atoms. The van der Waals surface area contributed by atoms with E-state index in [0.29, 0.717) is 25.1 Å². The second-order valence-corrected chi connectivity index (χ2v) is 6.89. The highest BCUT2D eigenvalue weighted by Gasteiger charge is 2.39. The van der Waals surface area contributed by atoms with Crippen LogP contribution in [-0.4, -0.2) is 41.4 Å². The highest BCUT2D eigenvalue weighted by Crippen LogP contribution is 2.28. The minimum Gasteiger partial charge on any atom is -0.449 e. The topological polar surface area (TPSA) is 105 Å². The first-order valence-electron chi connectivity index (χ1n) is 8.86. The molecular formula is C19H19N3O5. The van der Waals surface area contributed by atoms with Crippen LogP contribution in [0.15, 0.2) is 30.4 Å². The molecule has 140 valence electrons. The standard InChI is InChI=1S/C19H19N3O5/c23-16-6-5-15(17(24)21-16)22-9-13-4-3-12(7-14(13)18(22)25)8-20-19(26)27-10-11-1-2-11/h1-4,7,11,15H,5-6,8-10H2,(H,20,26)(H,21,23,24). The zero-order valence-corrected chi connectivity index (χ0v) is 14.6. The van der Waals surface area contributed by atoms with Gasteiger partial charge < -0.3 is 15.0 Å². The number of benzene rings is 1. The molecule has 0 bridgehead atoms. The molecule has 4 rings (SSSR count). The smallest absolute Gasteiger partial charge is 0.407 e. The van der Waals surface area contributed by atoms with E-state index in [0.717, 1.165) is 11.1 Å². The number of rotatable bonds is 5. The largest absolute Gasteiger partial charge is 0.449 e. The minimum atomic E-state index is -0.629. The predicted octanol–water partition coefficient (Wildman–Crippen LogP) is 0.860. The van der Waals surface area contributed by atoms with E-state index >= 15 is 0 Å². The molecule has 0 aromatic heterocycles. The molecule has 1 aliphatic carbocycles. The number of nitrogens with zero attached hydrogens (tertiary/aromatic N) is 1. The average Bonchev–Trinajstić information content (AvgIpc) is 3.42. The monoisotopic (exact) mass is 369 g/mol. The first-order valence-corrected chi connectivity index (χ1v) is 8.86. The Morgan fingerprint density at radius 3 is 2.81 bits per heavy atom.